The summed E-state index contributed by atoms with van der Waals surface area (Å²) < 4.78 is 15.3. The van der Waals surface area contributed by atoms with Gasteiger partial charge < -0.3 is 4.90 Å². The lowest BCUT2D eigenvalue weighted by Gasteiger charge is -2.32. The maximum absolute atomic E-state index is 13.5. The molecule has 3 aromatic carbocycles. The third-order valence-corrected chi connectivity index (χ3v) is 8.79. The summed E-state index contributed by atoms with van der Waals surface area (Å²) in [4.78, 5) is 15.3. The highest BCUT2D eigenvalue weighted by molar-refractivity contribution is 5.84. The highest BCUT2D eigenvalue weighted by atomic mass is 19.1. The average molecular weight is 466 g/mol. The highest BCUT2D eigenvalue weighted by Crippen LogP contribution is 2.70. The lowest BCUT2D eigenvalue weighted by molar-refractivity contribution is -0.137. The predicted molar refractivity (Wildman–Crippen MR) is 134 cm³/mol. The van der Waals surface area contributed by atoms with Gasteiger partial charge in [-0.3, -0.25) is 4.79 Å². The van der Waals surface area contributed by atoms with E-state index in [1.165, 1.54) is 35.2 Å². The molecule has 1 amide bonds. The van der Waals surface area contributed by atoms with Gasteiger partial charge in [0, 0.05) is 35.7 Å². The first kappa shape index (κ1) is 20.9. The van der Waals surface area contributed by atoms with Gasteiger partial charge in [-0.05, 0) is 78.8 Å². The molecule has 0 N–H and O–H groups in total. The van der Waals surface area contributed by atoms with Crippen LogP contribution in [-0.2, 0) is 10.2 Å². The Hall–Kier alpha value is -3.47. The van der Waals surface area contributed by atoms with Crippen LogP contribution in [0, 0.1) is 24.6 Å². The van der Waals surface area contributed by atoms with Gasteiger partial charge in [-0.25, -0.2) is 9.07 Å². The lowest BCUT2D eigenvalue weighted by Crippen LogP contribution is -2.40. The van der Waals surface area contributed by atoms with Crippen molar-refractivity contribution in [2.75, 3.05) is 13.1 Å². The molecule has 0 unspecified atom stereocenters. The number of rotatable bonds is 4. The van der Waals surface area contributed by atoms with E-state index in [9.17, 15) is 9.18 Å². The first-order chi connectivity index (χ1) is 17.1. The Labute approximate surface area is 204 Å². The number of carbonyl (C=O) groups excluding carboxylic acids is 1. The van der Waals surface area contributed by atoms with Crippen molar-refractivity contribution in [3.8, 4) is 5.69 Å². The number of piperidine rings is 1. The Balaban J connectivity index is 1.31. The molecular weight excluding hydrogens is 437 g/mol. The standard InChI is InChI=1S/C30H28FN3O/c1-19-14-27-22(16-32-34(27)24-12-10-23(31)11-13-24)15-25(19)30-18-33(29(35)21-8-5-9-21)17-26(30)28(30)20-6-3-2-4-7-20/h2-4,6-7,10-16,21,26,28H,5,8-9,17-18H2,1H3/t26-,28-,30+/m0/s1. The Morgan fingerprint density at radius 1 is 1.06 bits per heavy atom. The number of amides is 1. The summed E-state index contributed by atoms with van der Waals surface area (Å²) in [6, 6.07) is 21.8. The molecular formula is C30H28FN3O. The van der Waals surface area contributed by atoms with E-state index in [1.54, 1.807) is 12.1 Å². The van der Waals surface area contributed by atoms with Crippen LogP contribution in [0.2, 0.25) is 0 Å². The first-order valence-electron chi connectivity index (χ1n) is 12.6. The molecule has 1 aromatic heterocycles. The zero-order valence-electron chi connectivity index (χ0n) is 19.8. The zero-order valence-corrected chi connectivity index (χ0v) is 19.8. The number of aromatic nitrogens is 2. The summed E-state index contributed by atoms with van der Waals surface area (Å²) >= 11 is 0. The molecule has 2 heterocycles. The molecule has 3 aliphatic rings. The summed E-state index contributed by atoms with van der Waals surface area (Å²) in [5.41, 5.74) is 5.75. The van der Waals surface area contributed by atoms with E-state index in [2.05, 4.69) is 59.4 Å². The fraction of sp³-hybridized carbons (Fsp3) is 0.333. The Morgan fingerprint density at radius 3 is 2.54 bits per heavy atom. The summed E-state index contributed by atoms with van der Waals surface area (Å²) in [6.07, 6.45) is 5.17. The minimum Gasteiger partial charge on any atom is -0.341 e. The smallest absolute Gasteiger partial charge is 0.225 e. The van der Waals surface area contributed by atoms with E-state index < -0.39 is 0 Å². The lowest BCUT2D eigenvalue weighted by atomic mass is 9.83. The molecule has 7 rings (SSSR count). The van der Waals surface area contributed by atoms with Crippen molar-refractivity contribution in [1.82, 2.24) is 14.7 Å². The Morgan fingerprint density at radius 2 is 1.83 bits per heavy atom. The third kappa shape index (κ3) is 3.03. The van der Waals surface area contributed by atoms with Gasteiger partial charge in [0.1, 0.15) is 5.82 Å². The van der Waals surface area contributed by atoms with Crippen molar-refractivity contribution >= 4 is 16.8 Å². The second-order valence-electron chi connectivity index (χ2n) is 10.6. The van der Waals surface area contributed by atoms with Crippen molar-refractivity contribution in [3.05, 3.63) is 95.4 Å². The minimum absolute atomic E-state index is 0.0446. The fourth-order valence-corrected chi connectivity index (χ4v) is 6.81. The normalized spacial score (nSPS) is 25.5. The largest absolute Gasteiger partial charge is 0.341 e. The maximum Gasteiger partial charge on any atom is 0.225 e. The molecule has 0 spiro atoms. The van der Waals surface area contributed by atoms with Crippen LogP contribution >= 0.6 is 0 Å². The molecule has 4 nitrogen and oxygen atoms in total. The second kappa shape index (κ2) is 7.51. The van der Waals surface area contributed by atoms with Crippen LogP contribution in [0.5, 0.6) is 0 Å². The van der Waals surface area contributed by atoms with Crippen molar-refractivity contribution in [3.63, 3.8) is 0 Å². The topological polar surface area (TPSA) is 38.1 Å². The molecule has 3 fully saturated rings. The highest BCUT2D eigenvalue weighted by Gasteiger charge is 2.71. The van der Waals surface area contributed by atoms with Crippen LogP contribution in [0.1, 0.15) is 41.9 Å². The van der Waals surface area contributed by atoms with Crippen LogP contribution in [0.4, 0.5) is 4.39 Å². The molecule has 0 bridgehead atoms. The van der Waals surface area contributed by atoms with Crippen molar-refractivity contribution in [2.45, 2.75) is 37.5 Å². The number of aryl methyl sites for hydroxylation is 1. The summed E-state index contributed by atoms with van der Waals surface area (Å²) in [5.74, 6) is 1.21. The number of fused-ring (bicyclic) bond motifs is 2. The van der Waals surface area contributed by atoms with Gasteiger partial charge >= 0.3 is 0 Å². The number of likely N-dealkylation sites (tertiary alicyclic amines) is 1. The third-order valence-electron chi connectivity index (χ3n) is 8.79. The molecule has 3 atom stereocenters. The van der Waals surface area contributed by atoms with Gasteiger partial charge in [0.2, 0.25) is 5.91 Å². The van der Waals surface area contributed by atoms with Crippen LogP contribution in [0.3, 0.4) is 0 Å². The van der Waals surface area contributed by atoms with Crippen LogP contribution in [0.25, 0.3) is 16.6 Å². The second-order valence-corrected chi connectivity index (χ2v) is 10.6. The fourth-order valence-electron chi connectivity index (χ4n) is 6.81. The number of benzene rings is 3. The van der Waals surface area contributed by atoms with Crippen LogP contribution in [0.15, 0.2) is 72.9 Å². The van der Waals surface area contributed by atoms with E-state index in [4.69, 9.17) is 0 Å². The van der Waals surface area contributed by atoms with E-state index in [1.807, 2.05) is 10.9 Å². The van der Waals surface area contributed by atoms with E-state index >= 15 is 0 Å². The number of halogens is 1. The van der Waals surface area contributed by atoms with E-state index in [0.29, 0.717) is 17.7 Å². The zero-order chi connectivity index (χ0) is 23.7. The molecule has 1 aliphatic heterocycles. The minimum atomic E-state index is -0.253. The van der Waals surface area contributed by atoms with Crippen LogP contribution in [-0.4, -0.2) is 33.7 Å². The number of carbonyl (C=O) groups is 1. The van der Waals surface area contributed by atoms with Gasteiger partial charge in [-0.1, -0.05) is 36.8 Å². The Kier molecular flexibility index (Phi) is 4.48. The summed E-state index contributed by atoms with van der Waals surface area (Å²) in [5, 5.41) is 5.71. The summed E-state index contributed by atoms with van der Waals surface area (Å²) in [7, 11) is 0. The molecule has 2 aliphatic carbocycles. The van der Waals surface area contributed by atoms with Gasteiger partial charge in [0.05, 0.1) is 17.4 Å². The Bertz CT molecular complexity index is 1440. The molecule has 35 heavy (non-hydrogen) atoms. The molecule has 2 saturated carbocycles. The van der Waals surface area contributed by atoms with Crippen molar-refractivity contribution < 1.29 is 9.18 Å². The van der Waals surface area contributed by atoms with Crippen molar-refractivity contribution in [1.29, 1.82) is 0 Å². The average Bonchev–Trinajstić information content (AvgIpc) is 3.10. The quantitative estimate of drug-likeness (QED) is 0.384. The number of nitrogens with zero attached hydrogens (tertiary/aromatic N) is 3. The monoisotopic (exact) mass is 465 g/mol. The number of hydrogen-bond acceptors (Lipinski definition) is 2. The summed E-state index contributed by atoms with van der Waals surface area (Å²) in [6.45, 7) is 3.82. The molecule has 5 heteroatoms. The van der Waals surface area contributed by atoms with Gasteiger partial charge in [0.15, 0.2) is 0 Å². The van der Waals surface area contributed by atoms with Gasteiger partial charge in [-0.15, -0.1) is 0 Å². The SMILES string of the molecule is Cc1cc2c(cnn2-c2ccc(F)cc2)cc1[C@]12CN(C(=O)C3CCC3)C[C@H]1[C@@H]2c1ccccc1. The molecule has 4 aromatic rings. The maximum atomic E-state index is 13.5. The van der Waals surface area contributed by atoms with Crippen LogP contribution < -0.4 is 0 Å². The van der Waals surface area contributed by atoms with Gasteiger partial charge in [0.25, 0.3) is 0 Å². The predicted octanol–water partition coefficient (Wildman–Crippen LogP) is 5.77. The van der Waals surface area contributed by atoms with Gasteiger partial charge in [-0.2, -0.15) is 5.10 Å². The van der Waals surface area contributed by atoms with Crippen molar-refractivity contribution in [2.24, 2.45) is 11.8 Å². The molecule has 1 saturated heterocycles. The van der Waals surface area contributed by atoms with E-state index in [0.717, 1.165) is 42.5 Å². The number of hydrogen-bond donors (Lipinski definition) is 0. The molecule has 0 radical (unpaired) electrons. The first-order valence-corrected chi connectivity index (χ1v) is 12.6. The van der Waals surface area contributed by atoms with E-state index in [-0.39, 0.29) is 17.2 Å². The molecule has 176 valence electrons.